The van der Waals surface area contributed by atoms with Crippen molar-refractivity contribution in [3.8, 4) is 6.07 Å². The minimum Gasteiger partial charge on any atom is -0.396 e. The van der Waals surface area contributed by atoms with Crippen LogP contribution in [-0.4, -0.2) is 48.7 Å². The van der Waals surface area contributed by atoms with E-state index in [0.717, 1.165) is 12.1 Å². The lowest BCUT2D eigenvalue weighted by molar-refractivity contribution is -0.137. The maximum Gasteiger partial charge on any atom is 0.417 e. The Balaban J connectivity index is 1.51. The van der Waals surface area contributed by atoms with Crippen LogP contribution in [0.2, 0.25) is 5.02 Å². The summed E-state index contributed by atoms with van der Waals surface area (Å²) in [6.45, 7) is 1.49. The molecule has 180 valence electrons. The molecule has 34 heavy (non-hydrogen) atoms. The third-order valence-corrected chi connectivity index (χ3v) is 7.33. The van der Waals surface area contributed by atoms with Crippen LogP contribution in [0.4, 0.5) is 23.2 Å². The molecule has 0 aliphatic carbocycles. The van der Waals surface area contributed by atoms with Crippen LogP contribution in [0.3, 0.4) is 0 Å². The summed E-state index contributed by atoms with van der Waals surface area (Å²) in [6, 6.07) is 9.06. The van der Waals surface area contributed by atoms with E-state index in [2.05, 4.69) is 0 Å². The van der Waals surface area contributed by atoms with Gasteiger partial charge in [0.2, 0.25) is 0 Å². The normalized spacial score (nSPS) is 20.0. The zero-order valence-corrected chi connectivity index (χ0v) is 18.8. The molecule has 0 bridgehead atoms. The fourth-order valence-electron chi connectivity index (χ4n) is 5.08. The quantitative estimate of drug-likeness (QED) is 0.626. The highest BCUT2D eigenvalue weighted by Crippen LogP contribution is 2.46. The van der Waals surface area contributed by atoms with Crippen LogP contribution in [0.25, 0.3) is 0 Å². The molecule has 0 saturated carbocycles. The van der Waals surface area contributed by atoms with Gasteiger partial charge in [-0.05, 0) is 54.7 Å². The minimum absolute atomic E-state index is 0.125. The first-order valence-corrected chi connectivity index (χ1v) is 11.2. The highest BCUT2D eigenvalue weighted by molar-refractivity contribution is 6.31. The molecule has 1 spiro atoms. The van der Waals surface area contributed by atoms with Crippen LogP contribution in [-0.2, 0) is 6.18 Å². The first-order valence-electron chi connectivity index (χ1n) is 10.8. The van der Waals surface area contributed by atoms with E-state index in [0.29, 0.717) is 44.7 Å². The molecular weight excluding hydrogens is 474 g/mol. The van der Waals surface area contributed by atoms with Gasteiger partial charge in [0, 0.05) is 50.0 Å². The van der Waals surface area contributed by atoms with Crippen molar-refractivity contribution in [3.63, 3.8) is 0 Å². The molecule has 5 nitrogen and oxygen atoms in total. The summed E-state index contributed by atoms with van der Waals surface area (Å²) >= 11 is 5.80. The number of benzene rings is 2. The van der Waals surface area contributed by atoms with Crippen molar-refractivity contribution in [1.82, 2.24) is 4.90 Å². The Labute approximate surface area is 199 Å². The number of alkyl halides is 3. The minimum atomic E-state index is -4.65. The molecule has 1 amide bonds. The zero-order chi connectivity index (χ0) is 24.7. The molecule has 2 fully saturated rings. The van der Waals surface area contributed by atoms with Crippen molar-refractivity contribution in [2.24, 2.45) is 11.3 Å². The molecule has 0 aromatic heterocycles. The first-order chi connectivity index (χ1) is 16.1. The summed E-state index contributed by atoms with van der Waals surface area (Å²) in [7, 11) is 0. The highest BCUT2D eigenvalue weighted by atomic mass is 35.5. The number of piperidine rings is 1. The smallest absolute Gasteiger partial charge is 0.396 e. The first kappa shape index (κ1) is 24.3. The standard InChI is InChI=1S/C24H22ClF4N3O2/c25-20-9-15(2-4-21(20)26)22(34)31-7-5-23(6-8-31)14-32(12-17(23)13-33)18-3-1-16(11-30)19(10-18)24(27,28)29/h1-4,9-10,17,33H,5-8,12-14H2. The summed E-state index contributed by atoms with van der Waals surface area (Å²) in [4.78, 5) is 16.3. The van der Waals surface area contributed by atoms with Crippen molar-refractivity contribution in [2.75, 3.05) is 37.7 Å². The number of hydrogen-bond acceptors (Lipinski definition) is 4. The lowest BCUT2D eigenvalue weighted by atomic mass is 9.71. The van der Waals surface area contributed by atoms with Crippen LogP contribution in [0.5, 0.6) is 0 Å². The van der Waals surface area contributed by atoms with E-state index in [1.807, 2.05) is 4.90 Å². The van der Waals surface area contributed by atoms with Gasteiger partial charge < -0.3 is 14.9 Å². The second-order valence-corrected chi connectivity index (χ2v) is 9.29. The average molecular weight is 496 g/mol. The molecule has 1 atom stereocenters. The van der Waals surface area contributed by atoms with Gasteiger partial charge in [-0.15, -0.1) is 0 Å². The highest BCUT2D eigenvalue weighted by Gasteiger charge is 2.48. The van der Waals surface area contributed by atoms with Gasteiger partial charge >= 0.3 is 6.18 Å². The molecule has 4 rings (SSSR count). The lowest BCUT2D eigenvalue weighted by Gasteiger charge is -2.42. The van der Waals surface area contributed by atoms with Crippen LogP contribution in [0.15, 0.2) is 36.4 Å². The fraction of sp³-hybridized carbons (Fsp3) is 0.417. The Morgan fingerprint density at radius 2 is 1.91 bits per heavy atom. The van der Waals surface area contributed by atoms with Crippen LogP contribution < -0.4 is 4.90 Å². The third-order valence-electron chi connectivity index (χ3n) is 7.04. The predicted octanol–water partition coefficient (Wildman–Crippen LogP) is 4.72. The molecule has 1 N–H and O–H groups in total. The predicted molar refractivity (Wildman–Crippen MR) is 118 cm³/mol. The van der Waals surface area contributed by atoms with E-state index in [1.54, 1.807) is 11.0 Å². The van der Waals surface area contributed by atoms with Crippen LogP contribution in [0.1, 0.15) is 34.3 Å². The van der Waals surface area contributed by atoms with E-state index >= 15 is 0 Å². The fourth-order valence-corrected chi connectivity index (χ4v) is 5.26. The summed E-state index contributed by atoms with van der Waals surface area (Å²) in [5.41, 5.74) is -1.14. The van der Waals surface area contributed by atoms with Crippen molar-refractivity contribution >= 4 is 23.2 Å². The van der Waals surface area contributed by atoms with Crippen molar-refractivity contribution in [2.45, 2.75) is 19.0 Å². The maximum absolute atomic E-state index is 13.4. The van der Waals surface area contributed by atoms with Crippen molar-refractivity contribution in [1.29, 1.82) is 5.26 Å². The Morgan fingerprint density at radius 1 is 1.21 bits per heavy atom. The van der Waals surface area contributed by atoms with Crippen molar-refractivity contribution in [3.05, 3.63) is 63.9 Å². The van der Waals surface area contributed by atoms with E-state index in [4.69, 9.17) is 16.9 Å². The number of likely N-dealkylation sites (tertiary alicyclic amines) is 1. The van der Waals surface area contributed by atoms with Gasteiger partial charge in [-0.25, -0.2) is 4.39 Å². The number of nitrogens with zero attached hydrogens (tertiary/aromatic N) is 3. The number of halogens is 5. The Hall–Kier alpha value is -2.83. The second-order valence-electron chi connectivity index (χ2n) is 8.88. The zero-order valence-electron chi connectivity index (χ0n) is 18.1. The Morgan fingerprint density at radius 3 is 2.50 bits per heavy atom. The van der Waals surface area contributed by atoms with Gasteiger partial charge in [0.1, 0.15) is 5.82 Å². The third kappa shape index (κ3) is 4.44. The topological polar surface area (TPSA) is 67.6 Å². The molecule has 2 aromatic rings. The molecule has 1 unspecified atom stereocenters. The molecule has 2 aliphatic rings. The molecule has 10 heteroatoms. The molecule has 2 saturated heterocycles. The van der Waals surface area contributed by atoms with E-state index in [1.165, 1.54) is 24.3 Å². The molecule has 2 heterocycles. The summed E-state index contributed by atoms with van der Waals surface area (Å²) in [6.07, 6.45) is -3.51. The Kier molecular flexibility index (Phi) is 6.49. The number of anilines is 1. The number of nitriles is 1. The number of carbonyl (C=O) groups is 1. The second kappa shape index (κ2) is 9.08. The van der Waals surface area contributed by atoms with Crippen molar-refractivity contribution < 1.29 is 27.5 Å². The number of hydrogen-bond donors (Lipinski definition) is 1. The van der Waals surface area contributed by atoms with E-state index in [-0.39, 0.29) is 34.4 Å². The molecule has 0 radical (unpaired) electrons. The largest absolute Gasteiger partial charge is 0.417 e. The van der Waals surface area contributed by atoms with Gasteiger partial charge in [0.05, 0.1) is 22.2 Å². The number of aliphatic hydroxyl groups is 1. The van der Waals surface area contributed by atoms with Gasteiger partial charge in [-0.2, -0.15) is 18.4 Å². The molecule has 2 aliphatic heterocycles. The monoisotopic (exact) mass is 495 g/mol. The van der Waals surface area contributed by atoms with E-state index < -0.39 is 23.1 Å². The van der Waals surface area contributed by atoms with Crippen LogP contribution in [0, 0.1) is 28.5 Å². The van der Waals surface area contributed by atoms with E-state index in [9.17, 15) is 27.5 Å². The number of rotatable bonds is 3. The number of carbonyl (C=O) groups excluding carboxylic acids is 1. The van der Waals surface area contributed by atoms with Gasteiger partial charge in [0.15, 0.2) is 0 Å². The van der Waals surface area contributed by atoms with Gasteiger partial charge in [-0.3, -0.25) is 4.79 Å². The maximum atomic E-state index is 13.4. The molecular formula is C24H22ClF4N3O2. The molecule has 2 aromatic carbocycles. The number of amides is 1. The summed E-state index contributed by atoms with van der Waals surface area (Å²) in [5, 5.41) is 19.0. The summed E-state index contributed by atoms with van der Waals surface area (Å²) in [5.74, 6) is -1.05. The average Bonchev–Trinajstić information content (AvgIpc) is 3.17. The van der Waals surface area contributed by atoms with Crippen LogP contribution >= 0.6 is 11.6 Å². The van der Waals surface area contributed by atoms with Gasteiger partial charge in [-0.1, -0.05) is 11.6 Å². The lowest BCUT2D eigenvalue weighted by Crippen LogP contribution is -2.47. The number of aliphatic hydroxyl groups excluding tert-OH is 1. The Bertz CT molecular complexity index is 1140. The summed E-state index contributed by atoms with van der Waals surface area (Å²) < 4.78 is 53.7. The SMILES string of the molecule is N#Cc1ccc(N2CC(CO)C3(CCN(C(=O)c4ccc(F)c(Cl)c4)CC3)C2)cc1C(F)(F)F. The van der Waals surface area contributed by atoms with Gasteiger partial charge in [0.25, 0.3) is 5.91 Å².